The minimum Gasteiger partial charge on any atom is -0.394 e. The highest BCUT2D eigenvalue weighted by molar-refractivity contribution is 5.76. The maximum Gasteiger partial charge on any atom is 0.220 e. The highest BCUT2D eigenvalue weighted by Crippen LogP contribution is 2.30. The number of ether oxygens (including phenoxy) is 4. The third-order valence-electron chi connectivity index (χ3n) is 12.8. The second kappa shape index (κ2) is 42.5. The first-order valence-electron chi connectivity index (χ1n) is 27.3. The molecule has 71 heavy (non-hydrogen) atoms. The first-order valence-corrected chi connectivity index (χ1v) is 27.3. The lowest BCUT2D eigenvalue weighted by Gasteiger charge is -2.46. The van der Waals surface area contributed by atoms with Crippen molar-refractivity contribution in [1.82, 2.24) is 5.32 Å². The fourth-order valence-electron chi connectivity index (χ4n) is 8.41. The molecule has 0 aromatic heterocycles. The van der Waals surface area contributed by atoms with E-state index in [0.717, 1.165) is 96.3 Å². The van der Waals surface area contributed by atoms with Gasteiger partial charge in [0.15, 0.2) is 12.6 Å². The molecule has 9 N–H and O–H groups in total. The molecule has 1 amide bonds. The predicted octanol–water partition coefficient (Wildman–Crippen LogP) is 8.16. The van der Waals surface area contributed by atoms with E-state index in [9.17, 15) is 45.6 Å². The number of amides is 1. The second-order valence-corrected chi connectivity index (χ2v) is 19.0. The maximum atomic E-state index is 13.2. The summed E-state index contributed by atoms with van der Waals surface area (Å²) >= 11 is 0. The van der Waals surface area contributed by atoms with Crippen molar-refractivity contribution in [2.75, 3.05) is 19.8 Å². The van der Waals surface area contributed by atoms with Gasteiger partial charge >= 0.3 is 0 Å². The van der Waals surface area contributed by atoms with Crippen molar-refractivity contribution in [1.29, 1.82) is 0 Å². The molecule has 0 bridgehead atoms. The van der Waals surface area contributed by atoms with Crippen LogP contribution >= 0.6 is 0 Å². The topological polar surface area (TPSA) is 228 Å². The van der Waals surface area contributed by atoms with Crippen LogP contribution in [0.25, 0.3) is 0 Å². The van der Waals surface area contributed by atoms with Crippen molar-refractivity contribution in [2.45, 2.75) is 248 Å². The molecule has 0 aliphatic carbocycles. The van der Waals surface area contributed by atoms with E-state index in [2.05, 4.69) is 92.1 Å². The van der Waals surface area contributed by atoms with Gasteiger partial charge in [0, 0.05) is 6.42 Å². The SMILES string of the molecule is CC/C=C\C/C=C\C/C=C\C/C=C\C/C=C\C/C=C\CCCCCCCCC(=O)NC(COC1OC(CO)C(OC2OC(CO)C(O)C(O)C2O)C(O)C1O)C(O)/C=C/CCCCCCCCCCCC. The van der Waals surface area contributed by atoms with Crippen LogP contribution in [-0.4, -0.2) is 140 Å². The summed E-state index contributed by atoms with van der Waals surface area (Å²) in [6, 6.07) is -0.927. The summed E-state index contributed by atoms with van der Waals surface area (Å²) in [5.41, 5.74) is 0. The molecule has 0 aromatic rings. The van der Waals surface area contributed by atoms with Crippen LogP contribution < -0.4 is 5.32 Å². The van der Waals surface area contributed by atoms with Gasteiger partial charge in [-0.2, -0.15) is 0 Å². The molecule has 2 aliphatic rings. The van der Waals surface area contributed by atoms with Crippen LogP contribution in [0.3, 0.4) is 0 Å². The van der Waals surface area contributed by atoms with Gasteiger partial charge in [0.1, 0.15) is 48.8 Å². The Hall–Kier alpha value is -2.83. The smallest absolute Gasteiger partial charge is 0.220 e. The monoisotopic (exact) mass is 1000 g/mol. The van der Waals surface area contributed by atoms with Crippen LogP contribution in [0.1, 0.15) is 174 Å². The zero-order valence-electron chi connectivity index (χ0n) is 43.4. The van der Waals surface area contributed by atoms with E-state index in [1.54, 1.807) is 6.08 Å². The number of aliphatic hydroxyl groups excluding tert-OH is 8. The van der Waals surface area contributed by atoms with E-state index in [1.807, 2.05) is 6.08 Å². The van der Waals surface area contributed by atoms with Gasteiger partial charge in [-0.1, -0.05) is 182 Å². The average Bonchev–Trinajstić information content (AvgIpc) is 3.37. The second-order valence-electron chi connectivity index (χ2n) is 19.0. The molecule has 2 aliphatic heterocycles. The summed E-state index contributed by atoms with van der Waals surface area (Å²) in [5, 5.41) is 86.8. The zero-order chi connectivity index (χ0) is 51.7. The average molecular weight is 1000 g/mol. The van der Waals surface area contributed by atoms with Gasteiger partial charge in [-0.05, 0) is 70.6 Å². The maximum absolute atomic E-state index is 13.2. The Morgan fingerprint density at radius 2 is 0.972 bits per heavy atom. The van der Waals surface area contributed by atoms with E-state index >= 15 is 0 Å². The van der Waals surface area contributed by atoms with Crippen LogP contribution in [0.4, 0.5) is 0 Å². The van der Waals surface area contributed by atoms with Gasteiger partial charge in [-0.15, -0.1) is 0 Å². The molecule has 0 aromatic carbocycles. The number of carbonyl (C=O) groups excluding carboxylic acids is 1. The molecule has 12 atom stereocenters. The minimum atomic E-state index is -1.79. The fraction of sp³-hybridized carbons (Fsp3) is 0.737. The molecule has 2 fully saturated rings. The summed E-state index contributed by atoms with van der Waals surface area (Å²) in [4.78, 5) is 13.2. The van der Waals surface area contributed by atoms with Gasteiger partial charge in [-0.3, -0.25) is 4.79 Å². The number of unbranched alkanes of at least 4 members (excludes halogenated alkanes) is 16. The van der Waals surface area contributed by atoms with E-state index in [1.165, 1.54) is 51.4 Å². The molecule has 2 saturated heterocycles. The van der Waals surface area contributed by atoms with Crippen molar-refractivity contribution in [3.63, 3.8) is 0 Å². The zero-order valence-corrected chi connectivity index (χ0v) is 43.4. The van der Waals surface area contributed by atoms with Crippen LogP contribution in [0, 0.1) is 0 Å². The number of rotatable bonds is 41. The minimum absolute atomic E-state index is 0.259. The molecule has 12 unspecified atom stereocenters. The van der Waals surface area contributed by atoms with Gasteiger partial charge in [-0.25, -0.2) is 0 Å². The summed E-state index contributed by atoms with van der Waals surface area (Å²) in [7, 11) is 0. The Balaban J connectivity index is 1.78. The Labute approximate surface area is 427 Å². The van der Waals surface area contributed by atoms with Gasteiger partial charge in [0.25, 0.3) is 0 Å². The van der Waals surface area contributed by atoms with Gasteiger partial charge < -0.3 is 65.1 Å². The summed E-state index contributed by atoms with van der Waals surface area (Å²) in [6.07, 6.45) is 39.0. The van der Waals surface area contributed by atoms with Crippen LogP contribution in [0.15, 0.2) is 85.1 Å². The molecule has 408 valence electrons. The van der Waals surface area contributed by atoms with Crippen molar-refractivity contribution in [3.8, 4) is 0 Å². The standard InChI is InChI=1S/C57H97NO13/c1-3-5-7-9-11-13-15-17-18-19-20-21-22-23-24-25-26-27-28-29-31-33-35-37-39-41-49(62)58-45(46(61)40-38-36-34-32-30-16-14-12-10-8-6-4-2)44-68-56-54(67)52(65)55(48(43-60)70-56)71-57-53(66)51(64)50(63)47(42-59)69-57/h5,7,11,13,17-18,20-21,23-24,26-27,38,40,45-48,50-57,59-61,63-67H,3-4,6,8-10,12,14-16,19,22,25,28-37,39,41-44H2,1-2H3,(H,58,62)/b7-5-,13-11-,18-17-,21-20-,24-23-,27-26-,40-38+. The van der Waals surface area contributed by atoms with Crippen molar-refractivity contribution in [2.24, 2.45) is 0 Å². The fourth-order valence-corrected chi connectivity index (χ4v) is 8.41. The van der Waals surface area contributed by atoms with E-state index in [-0.39, 0.29) is 18.9 Å². The normalized spacial score (nSPS) is 26.5. The molecule has 2 heterocycles. The van der Waals surface area contributed by atoms with Crippen LogP contribution in [-0.2, 0) is 23.7 Å². The third kappa shape index (κ3) is 29.0. The Kier molecular flexibility index (Phi) is 38.5. The lowest BCUT2D eigenvalue weighted by molar-refractivity contribution is -0.359. The van der Waals surface area contributed by atoms with Crippen LogP contribution in [0.5, 0.6) is 0 Å². The number of nitrogens with one attached hydrogen (secondary N) is 1. The highest BCUT2D eigenvalue weighted by atomic mass is 16.7. The Morgan fingerprint density at radius 1 is 0.521 bits per heavy atom. The number of aliphatic hydroxyl groups is 8. The first kappa shape index (κ1) is 64.3. The summed E-state index contributed by atoms with van der Waals surface area (Å²) in [6.45, 7) is 2.63. The number of hydrogen-bond donors (Lipinski definition) is 9. The highest BCUT2D eigenvalue weighted by Gasteiger charge is 2.51. The molecular formula is C57H97NO13. The predicted molar refractivity (Wildman–Crippen MR) is 281 cm³/mol. The van der Waals surface area contributed by atoms with Crippen molar-refractivity contribution >= 4 is 5.91 Å². The first-order chi connectivity index (χ1) is 34.6. The molecule has 14 nitrogen and oxygen atoms in total. The molecule has 0 radical (unpaired) electrons. The molecular weight excluding hydrogens is 907 g/mol. The van der Waals surface area contributed by atoms with E-state index in [0.29, 0.717) is 6.42 Å². The lowest BCUT2D eigenvalue weighted by Crippen LogP contribution is -2.65. The van der Waals surface area contributed by atoms with Gasteiger partial charge in [0.05, 0.1) is 32.0 Å². The summed E-state index contributed by atoms with van der Waals surface area (Å²) < 4.78 is 22.7. The Morgan fingerprint density at radius 3 is 1.49 bits per heavy atom. The largest absolute Gasteiger partial charge is 0.394 e. The number of hydrogen-bond acceptors (Lipinski definition) is 13. The molecule has 14 heteroatoms. The molecule has 2 rings (SSSR count). The molecule has 0 saturated carbocycles. The third-order valence-corrected chi connectivity index (χ3v) is 12.8. The number of allylic oxidation sites excluding steroid dienone is 13. The Bertz CT molecular complexity index is 1510. The number of carbonyl (C=O) groups is 1. The molecule has 0 spiro atoms. The lowest BCUT2D eigenvalue weighted by atomic mass is 9.97. The quantitative estimate of drug-likeness (QED) is 0.0208. The van der Waals surface area contributed by atoms with Gasteiger partial charge in [0.2, 0.25) is 5.91 Å². The van der Waals surface area contributed by atoms with E-state index in [4.69, 9.17) is 18.9 Å². The van der Waals surface area contributed by atoms with E-state index < -0.39 is 86.8 Å². The summed E-state index contributed by atoms with van der Waals surface area (Å²) in [5.74, 6) is -0.259. The van der Waals surface area contributed by atoms with Crippen molar-refractivity contribution in [3.05, 3.63) is 85.1 Å². The van der Waals surface area contributed by atoms with Crippen molar-refractivity contribution < 1.29 is 64.6 Å². The van der Waals surface area contributed by atoms with Crippen LogP contribution in [0.2, 0.25) is 0 Å².